The van der Waals surface area contributed by atoms with Crippen molar-refractivity contribution >= 4 is 5.91 Å². The molecule has 1 aliphatic rings. The number of rotatable bonds is 6. The standard InChI is InChI=1S/C15H20N4O3/c1-21-7-5-16-15(20)14-10-18(8-12-3-6-22-11-12)9-13-2-4-17-19(13)14/h2-4,6,11,14H,5,7-10H2,1H3,(H,16,20). The van der Waals surface area contributed by atoms with E-state index in [-0.39, 0.29) is 11.9 Å². The molecule has 0 fully saturated rings. The molecular formula is C15H20N4O3. The van der Waals surface area contributed by atoms with Crippen molar-refractivity contribution in [2.24, 2.45) is 0 Å². The molecule has 3 heterocycles. The van der Waals surface area contributed by atoms with E-state index >= 15 is 0 Å². The Hall–Kier alpha value is -2.12. The lowest BCUT2D eigenvalue weighted by atomic mass is 10.1. The topological polar surface area (TPSA) is 72.5 Å². The zero-order valence-corrected chi connectivity index (χ0v) is 12.6. The molecule has 118 valence electrons. The quantitative estimate of drug-likeness (QED) is 0.799. The normalized spacial score (nSPS) is 18.1. The van der Waals surface area contributed by atoms with Crippen LogP contribution in [-0.4, -0.2) is 47.4 Å². The lowest BCUT2D eigenvalue weighted by Gasteiger charge is -2.32. The number of amides is 1. The van der Waals surface area contributed by atoms with Gasteiger partial charge in [0.1, 0.15) is 6.04 Å². The molecule has 0 saturated carbocycles. The molecular weight excluding hydrogens is 284 g/mol. The largest absolute Gasteiger partial charge is 0.472 e. The van der Waals surface area contributed by atoms with Gasteiger partial charge in [0.15, 0.2) is 0 Å². The molecule has 0 aromatic carbocycles. The van der Waals surface area contributed by atoms with Gasteiger partial charge in [-0.2, -0.15) is 5.10 Å². The van der Waals surface area contributed by atoms with Gasteiger partial charge in [0.2, 0.25) is 5.91 Å². The Morgan fingerprint density at radius 2 is 2.45 bits per heavy atom. The Bertz CT molecular complexity index is 608. The zero-order chi connectivity index (χ0) is 15.4. The molecule has 22 heavy (non-hydrogen) atoms. The maximum absolute atomic E-state index is 12.4. The lowest BCUT2D eigenvalue weighted by molar-refractivity contribution is -0.126. The predicted molar refractivity (Wildman–Crippen MR) is 79.0 cm³/mol. The maximum Gasteiger partial charge on any atom is 0.246 e. The molecule has 7 nitrogen and oxygen atoms in total. The fourth-order valence-corrected chi connectivity index (χ4v) is 2.71. The minimum absolute atomic E-state index is 0.0288. The molecule has 0 aliphatic carbocycles. The van der Waals surface area contributed by atoms with Gasteiger partial charge in [-0.3, -0.25) is 14.4 Å². The van der Waals surface area contributed by atoms with Crippen molar-refractivity contribution in [2.45, 2.75) is 19.1 Å². The van der Waals surface area contributed by atoms with E-state index < -0.39 is 0 Å². The van der Waals surface area contributed by atoms with E-state index in [4.69, 9.17) is 9.15 Å². The van der Waals surface area contributed by atoms with E-state index in [1.54, 1.807) is 25.8 Å². The Labute approximate surface area is 128 Å². The summed E-state index contributed by atoms with van der Waals surface area (Å²) in [5.41, 5.74) is 2.15. The molecule has 0 bridgehead atoms. The summed E-state index contributed by atoms with van der Waals surface area (Å²) >= 11 is 0. The van der Waals surface area contributed by atoms with Crippen molar-refractivity contribution in [2.75, 3.05) is 26.8 Å². The van der Waals surface area contributed by atoms with Crippen LogP contribution in [0.3, 0.4) is 0 Å². The number of hydrogen-bond donors (Lipinski definition) is 1. The van der Waals surface area contributed by atoms with E-state index in [0.717, 1.165) is 24.3 Å². The molecule has 1 aliphatic heterocycles. The number of nitrogens with zero attached hydrogens (tertiary/aromatic N) is 3. The summed E-state index contributed by atoms with van der Waals surface area (Å²) < 4.78 is 11.9. The minimum Gasteiger partial charge on any atom is -0.472 e. The first-order chi connectivity index (χ1) is 10.8. The molecule has 1 amide bonds. The average Bonchev–Trinajstić information content (AvgIpc) is 3.17. The van der Waals surface area contributed by atoms with Crippen molar-refractivity contribution in [3.05, 3.63) is 42.1 Å². The van der Waals surface area contributed by atoms with Crippen LogP contribution in [0, 0.1) is 0 Å². The van der Waals surface area contributed by atoms with E-state index in [2.05, 4.69) is 15.3 Å². The van der Waals surface area contributed by atoms with E-state index in [0.29, 0.717) is 19.7 Å². The molecule has 2 aromatic rings. The van der Waals surface area contributed by atoms with Gasteiger partial charge in [0, 0.05) is 45.0 Å². The van der Waals surface area contributed by atoms with Crippen molar-refractivity contribution in [1.82, 2.24) is 20.0 Å². The average molecular weight is 304 g/mol. The van der Waals surface area contributed by atoms with Crippen molar-refractivity contribution in [3.63, 3.8) is 0 Å². The number of aromatic nitrogens is 2. The monoisotopic (exact) mass is 304 g/mol. The number of furan rings is 1. The highest BCUT2D eigenvalue weighted by molar-refractivity contribution is 5.80. The number of methoxy groups -OCH3 is 1. The Morgan fingerprint density at radius 3 is 3.23 bits per heavy atom. The molecule has 0 spiro atoms. The van der Waals surface area contributed by atoms with Gasteiger partial charge in [-0.05, 0) is 12.1 Å². The van der Waals surface area contributed by atoms with Crippen LogP contribution in [0.25, 0.3) is 0 Å². The van der Waals surface area contributed by atoms with Crippen molar-refractivity contribution in [1.29, 1.82) is 0 Å². The van der Waals surface area contributed by atoms with Crippen LogP contribution in [0.2, 0.25) is 0 Å². The highest BCUT2D eigenvalue weighted by Crippen LogP contribution is 2.22. The van der Waals surface area contributed by atoms with Gasteiger partial charge in [-0.15, -0.1) is 0 Å². The second kappa shape index (κ2) is 6.76. The molecule has 0 radical (unpaired) electrons. The molecule has 7 heteroatoms. The summed E-state index contributed by atoms with van der Waals surface area (Å²) in [6.45, 7) is 3.16. The van der Waals surface area contributed by atoms with Crippen molar-refractivity contribution < 1.29 is 13.9 Å². The van der Waals surface area contributed by atoms with E-state index in [1.807, 2.05) is 16.8 Å². The second-order valence-electron chi connectivity index (χ2n) is 5.37. The van der Waals surface area contributed by atoms with Crippen LogP contribution in [0.15, 0.2) is 35.3 Å². The summed E-state index contributed by atoms with van der Waals surface area (Å²) in [6.07, 6.45) is 5.14. The highest BCUT2D eigenvalue weighted by Gasteiger charge is 2.30. The fraction of sp³-hybridized carbons (Fsp3) is 0.467. The van der Waals surface area contributed by atoms with Gasteiger partial charge in [-0.25, -0.2) is 0 Å². The van der Waals surface area contributed by atoms with Crippen LogP contribution >= 0.6 is 0 Å². The van der Waals surface area contributed by atoms with E-state index in [9.17, 15) is 4.79 Å². The summed E-state index contributed by atoms with van der Waals surface area (Å²) in [6, 6.07) is 3.58. The number of hydrogen-bond acceptors (Lipinski definition) is 5. The first-order valence-electron chi connectivity index (χ1n) is 7.30. The van der Waals surface area contributed by atoms with Crippen LogP contribution in [-0.2, 0) is 22.6 Å². The lowest BCUT2D eigenvalue weighted by Crippen LogP contribution is -2.45. The molecule has 2 aromatic heterocycles. The molecule has 1 atom stereocenters. The van der Waals surface area contributed by atoms with E-state index in [1.165, 1.54) is 0 Å². The number of nitrogens with one attached hydrogen (secondary N) is 1. The first kappa shape index (κ1) is 14.8. The fourth-order valence-electron chi connectivity index (χ4n) is 2.71. The van der Waals surface area contributed by atoms with Crippen LogP contribution in [0.4, 0.5) is 0 Å². The van der Waals surface area contributed by atoms with Crippen LogP contribution < -0.4 is 5.32 Å². The van der Waals surface area contributed by atoms with Gasteiger partial charge >= 0.3 is 0 Å². The Balaban J connectivity index is 1.70. The van der Waals surface area contributed by atoms with Gasteiger partial charge in [0.05, 0.1) is 24.8 Å². The highest BCUT2D eigenvalue weighted by atomic mass is 16.5. The third-order valence-electron chi connectivity index (χ3n) is 3.76. The third-order valence-corrected chi connectivity index (χ3v) is 3.76. The summed E-state index contributed by atoms with van der Waals surface area (Å²) in [7, 11) is 1.62. The van der Waals surface area contributed by atoms with Gasteiger partial charge in [0.25, 0.3) is 0 Å². The molecule has 1 N–H and O–H groups in total. The Kier molecular flexibility index (Phi) is 4.55. The predicted octanol–water partition coefficient (Wildman–Crippen LogP) is 0.796. The number of ether oxygens (including phenoxy) is 1. The number of carbonyl (C=O) groups is 1. The smallest absolute Gasteiger partial charge is 0.246 e. The Morgan fingerprint density at radius 1 is 1.55 bits per heavy atom. The third kappa shape index (κ3) is 3.20. The first-order valence-corrected chi connectivity index (χ1v) is 7.30. The zero-order valence-electron chi connectivity index (χ0n) is 12.6. The second-order valence-corrected chi connectivity index (χ2v) is 5.37. The van der Waals surface area contributed by atoms with Gasteiger partial charge < -0.3 is 14.5 Å². The van der Waals surface area contributed by atoms with Gasteiger partial charge in [-0.1, -0.05) is 0 Å². The molecule has 0 saturated heterocycles. The summed E-state index contributed by atoms with van der Waals surface area (Å²) in [5, 5.41) is 7.19. The summed E-state index contributed by atoms with van der Waals surface area (Å²) in [4.78, 5) is 14.6. The van der Waals surface area contributed by atoms with Crippen LogP contribution in [0.1, 0.15) is 17.3 Å². The minimum atomic E-state index is -0.317. The SMILES string of the molecule is COCCNC(=O)C1CN(Cc2ccoc2)Cc2ccnn21. The number of carbonyl (C=O) groups excluding carboxylic acids is 1. The number of fused-ring (bicyclic) bond motifs is 1. The summed E-state index contributed by atoms with van der Waals surface area (Å²) in [5.74, 6) is -0.0288. The van der Waals surface area contributed by atoms with Crippen LogP contribution in [0.5, 0.6) is 0 Å². The molecule has 1 unspecified atom stereocenters. The van der Waals surface area contributed by atoms with Crippen molar-refractivity contribution in [3.8, 4) is 0 Å². The molecule has 3 rings (SSSR count). The maximum atomic E-state index is 12.4.